The van der Waals surface area contributed by atoms with Crippen LogP contribution in [-0.4, -0.2) is 13.2 Å². The van der Waals surface area contributed by atoms with Gasteiger partial charge < -0.3 is 14.2 Å². The Labute approximate surface area is 258 Å². The summed E-state index contributed by atoms with van der Waals surface area (Å²) in [5.41, 5.74) is 5.20. The van der Waals surface area contributed by atoms with Crippen LogP contribution in [0.15, 0.2) is 48.5 Å². The highest BCUT2D eigenvalue weighted by molar-refractivity contribution is 5.96. The van der Waals surface area contributed by atoms with Crippen molar-refractivity contribution in [2.75, 3.05) is 13.2 Å². The quantitative estimate of drug-likeness (QED) is 0.124. The summed E-state index contributed by atoms with van der Waals surface area (Å²) in [5.74, 6) is 3.81. The maximum absolute atomic E-state index is 7.28. The average molecular weight is 579 g/mol. The molecule has 3 heteroatoms. The van der Waals surface area contributed by atoms with E-state index in [2.05, 4.69) is 62.4 Å². The van der Waals surface area contributed by atoms with Gasteiger partial charge in [0.15, 0.2) is 23.0 Å². The van der Waals surface area contributed by atoms with Gasteiger partial charge >= 0.3 is 0 Å². The van der Waals surface area contributed by atoms with Crippen molar-refractivity contribution >= 4 is 21.5 Å². The summed E-state index contributed by atoms with van der Waals surface area (Å²) in [6, 6.07) is 17.8. The third-order valence-corrected chi connectivity index (χ3v) is 9.63. The van der Waals surface area contributed by atoms with E-state index in [0.29, 0.717) is 13.2 Å². The van der Waals surface area contributed by atoms with Gasteiger partial charge in [-0.1, -0.05) is 127 Å². The number of aryl methyl sites for hydroxylation is 2. The Kier molecular flexibility index (Phi) is 10.1. The van der Waals surface area contributed by atoms with Crippen LogP contribution in [0.25, 0.3) is 21.5 Å². The first-order chi connectivity index (χ1) is 21.3. The van der Waals surface area contributed by atoms with Gasteiger partial charge in [-0.3, -0.25) is 0 Å². The van der Waals surface area contributed by atoms with Crippen LogP contribution in [0.1, 0.15) is 113 Å². The molecule has 6 rings (SSSR count). The molecule has 2 aliphatic rings. The molecular formula is C40H50O3. The van der Waals surface area contributed by atoms with E-state index in [1.165, 1.54) is 121 Å². The van der Waals surface area contributed by atoms with Gasteiger partial charge in [0.2, 0.25) is 0 Å². The first-order valence-corrected chi connectivity index (χ1v) is 17.4. The van der Waals surface area contributed by atoms with E-state index < -0.39 is 0 Å². The van der Waals surface area contributed by atoms with Gasteiger partial charge in [0.25, 0.3) is 0 Å². The van der Waals surface area contributed by atoms with Crippen LogP contribution in [0.5, 0.6) is 23.0 Å². The Hall–Kier alpha value is -3.20. The van der Waals surface area contributed by atoms with Gasteiger partial charge in [-0.2, -0.15) is 0 Å². The Balaban J connectivity index is 1.42. The van der Waals surface area contributed by atoms with Crippen LogP contribution in [-0.2, 0) is 25.7 Å². The van der Waals surface area contributed by atoms with Crippen LogP contribution in [0.4, 0.5) is 0 Å². The number of hydrogen-bond acceptors (Lipinski definition) is 3. The zero-order valence-electron chi connectivity index (χ0n) is 26.6. The SMILES string of the molecule is CCCCCCCCc1c(Oc2c3c(c4ccccc4c2CCCCCCCC)CCO3)c2c(c3ccccc13)CCO2. The maximum atomic E-state index is 7.28. The minimum atomic E-state index is 0.715. The van der Waals surface area contributed by atoms with Crippen molar-refractivity contribution < 1.29 is 14.2 Å². The molecule has 3 nitrogen and oxygen atoms in total. The van der Waals surface area contributed by atoms with Crippen LogP contribution >= 0.6 is 0 Å². The minimum absolute atomic E-state index is 0.715. The van der Waals surface area contributed by atoms with Crippen LogP contribution in [0, 0.1) is 0 Å². The van der Waals surface area contributed by atoms with Crippen molar-refractivity contribution in [1.29, 1.82) is 0 Å². The molecule has 4 aromatic rings. The van der Waals surface area contributed by atoms with E-state index in [0.717, 1.165) is 48.7 Å². The summed E-state index contributed by atoms with van der Waals surface area (Å²) in [7, 11) is 0. The molecule has 0 aliphatic carbocycles. The molecule has 0 radical (unpaired) electrons. The van der Waals surface area contributed by atoms with E-state index in [9.17, 15) is 0 Å². The third kappa shape index (κ3) is 6.37. The molecule has 0 amide bonds. The standard InChI is InChI=1S/C40H50O3/c1-3-5-7-9-11-13-23-33-29-19-15-17-21-31(29)35-25-27-41-37(35)39(33)43-40-34(24-14-12-10-8-6-4-2)30-20-16-18-22-32(30)36-26-28-42-38(36)40/h15-22H,3-14,23-28H2,1-2H3. The van der Waals surface area contributed by atoms with Gasteiger partial charge in [-0.05, 0) is 47.2 Å². The van der Waals surface area contributed by atoms with E-state index in [1.807, 2.05) is 0 Å². The van der Waals surface area contributed by atoms with Crippen molar-refractivity contribution in [3.63, 3.8) is 0 Å². The molecule has 4 aromatic carbocycles. The second-order valence-electron chi connectivity index (χ2n) is 12.7. The fourth-order valence-corrected chi connectivity index (χ4v) is 7.35. The van der Waals surface area contributed by atoms with E-state index in [1.54, 1.807) is 0 Å². The first kappa shape index (κ1) is 29.9. The lowest BCUT2D eigenvalue weighted by molar-refractivity contribution is 0.319. The highest BCUT2D eigenvalue weighted by atomic mass is 16.5. The van der Waals surface area contributed by atoms with Crippen LogP contribution in [0.2, 0.25) is 0 Å². The summed E-state index contributed by atoms with van der Waals surface area (Å²) in [4.78, 5) is 0. The molecule has 2 aliphatic heterocycles. The Morgan fingerprint density at radius 1 is 0.512 bits per heavy atom. The number of fused-ring (bicyclic) bond motifs is 6. The molecule has 0 bridgehead atoms. The molecule has 0 fully saturated rings. The molecular weight excluding hydrogens is 528 g/mol. The van der Waals surface area contributed by atoms with Gasteiger partial charge in [0.1, 0.15) is 0 Å². The number of rotatable bonds is 16. The van der Waals surface area contributed by atoms with E-state index >= 15 is 0 Å². The maximum Gasteiger partial charge on any atom is 0.173 e. The predicted octanol–water partition coefficient (Wildman–Crippen LogP) is 11.5. The summed E-state index contributed by atoms with van der Waals surface area (Å²) in [6.07, 6.45) is 19.2. The van der Waals surface area contributed by atoms with Gasteiger partial charge in [0.05, 0.1) is 13.2 Å². The van der Waals surface area contributed by atoms with Crippen molar-refractivity contribution in [1.82, 2.24) is 0 Å². The molecule has 0 unspecified atom stereocenters. The zero-order valence-corrected chi connectivity index (χ0v) is 26.6. The number of ether oxygens (including phenoxy) is 3. The lowest BCUT2D eigenvalue weighted by atomic mass is 9.92. The number of hydrogen-bond donors (Lipinski definition) is 0. The molecule has 0 saturated heterocycles. The molecule has 228 valence electrons. The van der Waals surface area contributed by atoms with Crippen molar-refractivity contribution in [3.8, 4) is 23.0 Å². The second-order valence-corrected chi connectivity index (χ2v) is 12.7. The summed E-state index contributed by atoms with van der Waals surface area (Å²) < 4.78 is 20.1. The molecule has 2 heterocycles. The fourth-order valence-electron chi connectivity index (χ4n) is 7.35. The fraction of sp³-hybridized carbons (Fsp3) is 0.500. The van der Waals surface area contributed by atoms with Crippen LogP contribution < -0.4 is 14.2 Å². The van der Waals surface area contributed by atoms with Gasteiger partial charge in [-0.25, -0.2) is 0 Å². The monoisotopic (exact) mass is 578 g/mol. The minimum Gasteiger partial charge on any atom is -0.489 e. The molecule has 0 spiro atoms. The second kappa shape index (κ2) is 14.5. The number of unbranched alkanes of at least 4 members (excludes halogenated alkanes) is 10. The van der Waals surface area contributed by atoms with Crippen molar-refractivity contribution in [2.45, 2.75) is 117 Å². The lowest BCUT2D eigenvalue weighted by Crippen LogP contribution is -2.03. The Morgan fingerprint density at radius 3 is 1.35 bits per heavy atom. The van der Waals surface area contributed by atoms with Crippen LogP contribution in [0.3, 0.4) is 0 Å². The van der Waals surface area contributed by atoms with Gasteiger partial charge in [-0.15, -0.1) is 0 Å². The molecule has 0 atom stereocenters. The molecule has 0 saturated carbocycles. The predicted molar refractivity (Wildman–Crippen MR) is 181 cm³/mol. The Morgan fingerprint density at radius 2 is 0.907 bits per heavy atom. The van der Waals surface area contributed by atoms with Crippen molar-refractivity contribution in [2.24, 2.45) is 0 Å². The largest absolute Gasteiger partial charge is 0.489 e. The van der Waals surface area contributed by atoms with Gasteiger partial charge in [0, 0.05) is 35.1 Å². The summed E-state index contributed by atoms with van der Waals surface area (Å²) in [5, 5.41) is 5.31. The van der Waals surface area contributed by atoms with E-state index in [-0.39, 0.29) is 0 Å². The first-order valence-electron chi connectivity index (χ1n) is 17.4. The summed E-state index contributed by atoms with van der Waals surface area (Å²) in [6.45, 7) is 6.00. The molecule has 0 aromatic heterocycles. The molecule has 0 N–H and O–H groups in total. The topological polar surface area (TPSA) is 27.7 Å². The Bertz CT molecular complexity index is 1420. The van der Waals surface area contributed by atoms with Crippen molar-refractivity contribution in [3.05, 3.63) is 70.8 Å². The highest BCUT2D eigenvalue weighted by Crippen LogP contribution is 2.52. The smallest absolute Gasteiger partial charge is 0.173 e. The number of benzene rings is 4. The average Bonchev–Trinajstić information content (AvgIpc) is 3.73. The lowest BCUT2D eigenvalue weighted by Gasteiger charge is -2.22. The van der Waals surface area contributed by atoms with E-state index in [4.69, 9.17) is 14.2 Å². The third-order valence-electron chi connectivity index (χ3n) is 9.63. The molecule has 43 heavy (non-hydrogen) atoms. The zero-order chi connectivity index (χ0) is 29.4. The summed E-state index contributed by atoms with van der Waals surface area (Å²) >= 11 is 0. The highest BCUT2D eigenvalue weighted by Gasteiger charge is 2.30. The normalized spacial score (nSPS) is 13.7.